The Morgan fingerprint density at radius 1 is 1.00 bits per heavy atom. The highest BCUT2D eigenvalue weighted by molar-refractivity contribution is 6.34. The van der Waals surface area contributed by atoms with E-state index in [-0.39, 0.29) is 47.6 Å². The van der Waals surface area contributed by atoms with Crippen molar-refractivity contribution in [3.63, 3.8) is 0 Å². The molecule has 3 aromatic carbocycles. The van der Waals surface area contributed by atoms with Crippen LogP contribution in [0, 0.1) is 11.6 Å². The van der Waals surface area contributed by atoms with Crippen molar-refractivity contribution in [3.8, 4) is 22.9 Å². The summed E-state index contributed by atoms with van der Waals surface area (Å²) in [5.41, 5.74) is 1.29. The Kier molecular flexibility index (Phi) is 9.27. The lowest BCUT2D eigenvalue weighted by Gasteiger charge is -2.31. The quantitative estimate of drug-likeness (QED) is 0.179. The molecule has 2 atom stereocenters. The second-order valence-corrected chi connectivity index (χ2v) is 15.8. The number of likely N-dealkylation sites (tertiary alicyclic amines) is 1. The summed E-state index contributed by atoms with van der Waals surface area (Å²) in [6.07, 6.45) is 5.08. The second-order valence-electron chi connectivity index (χ2n) is 15.4. The lowest BCUT2D eigenvalue weighted by molar-refractivity contribution is 0.0717. The first-order valence-electron chi connectivity index (χ1n) is 19.4. The largest absolute Gasteiger partial charge is 0.508 e. The number of carbonyl (C=O) groups is 1. The summed E-state index contributed by atoms with van der Waals surface area (Å²) in [5.74, 6) is -0.935. The molecule has 3 saturated heterocycles. The monoisotopic (exact) mass is 773 g/mol. The van der Waals surface area contributed by atoms with E-state index in [4.69, 9.17) is 21.3 Å². The smallest absolute Gasteiger partial charge is 0.319 e. The number of anilines is 1. The van der Waals surface area contributed by atoms with Gasteiger partial charge in [-0.15, -0.1) is 0 Å². The Balaban J connectivity index is 1.16. The number of fused-ring (bicyclic) bond motifs is 4. The first-order chi connectivity index (χ1) is 26.6. The van der Waals surface area contributed by atoms with Crippen LogP contribution in [0.15, 0.2) is 36.4 Å². The summed E-state index contributed by atoms with van der Waals surface area (Å²) in [6.45, 7) is 5.75. The van der Waals surface area contributed by atoms with Crippen LogP contribution in [0.5, 0.6) is 11.8 Å². The van der Waals surface area contributed by atoms with E-state index < -0.39 is 23.3 Å². The minimum atomic E-state index is -0.953. The third kappa shape index (κ3) is 6.23. The number of phenolic OH excluding ortho intramolecular Hbond substituents is 1. The van der Waals surface area contributed by atoms with Gasteiger partial charge in [0.25, 0.3) is 5.91 Å². The first-order valence-corrected chi connectivity index (χ1v) is 19.8. The maximum absolute atomic E-state index is 17.3. The van der Waals surface area contributed by atoms with Gasteiger partial charge in [-0.1, -0.05) is 30.7 Å². The number of rotatable bonds is 7. The Morgan fingerprint density at radius 3 is 2.65 bits per heavy atom. The van der Waals surface area contributed by atoms with E-state index in [1.165, 1.54) is 12.1 Å². The van der Waals surface area contributed by atoms with Gasteiger partial charge in [0.05, 0.1) is 22.8 Å². The minimum Gasteiger partial charge on any atom is -0.508 e. The number of aromatic nitrogens is 4. The number of amides is 1. The minimum absolute atomic E-state index is 0.0103. The topological polar surface area (TPSA) is 99.9 Å². The van der Waals surface area contributed by atoms with Gasteiger partial charge >= 0.3 is 6.01 Å². The summed E-state index contributed by atoms with van der Waals surface area (Å²) in [6, 6.07) is 9.24. The fourth-order valence-corrected chi connectivity index (χ4v) is 9.67. The number of aryl methyl sites for hydroxylation is 2. The molecule has 55 heavy (non-hydrogen) atoms. The SMILES string of the molecule is CCc1c(F)ccc2cc(O)cc(-c3ccc4c(N5CCCn6nc(C(=O)N7CCCCC7)c(Cl)c6C5)nc(OC[C@@]56CCCN5C[C@H](F)C6)nc4c3F)c12. The number of benzene rings is 3. The molecule has 0 radical (unpaired) electrons. The van der Waals surface area contributed by atoms with Crippen molar-refractivity contribution >= 4 is 45.0 Å². The van der Waals surface area contributed by atoms with Crippen LogP contribution in [0.25, 0.3) is 32.8 Å². The number of alkyl halides is 1. The highest BCUT2D eigenvalue weighted by atomic mass is 35.5. The van der Waals surface area contributed by atoms with Crippen molar-refractivity contribution < 1.29 is 27.8 Å². The van der Waals surface area contributed by atoms with E-state index in [1.54, 1.807) is 28.9 Å². The Labute approximate surface area is 321 Å². The van der Waals surface area contributed by atoms with Gasteiger partial charge in [0, 0.05) is 50.1 Å². The molecule has 0 unspecified atom stereocenters. The molecule has 0 aliphatic carbocycles. The fourth-order valence-electron chi connectivity index (χ4n) is 9.39. The highest BCUT2D eigenvalue weighted by Gasteiger charge is 2.49. The molecule has 5 aromatic rings. The number of aromatic hydroxyl groups is 1. The third-order valence-electron chi connectivity index (χ3n) is 12.1. The molecule has 14 heteroatoms. The van der Waals surface area contributed by atoms with Crippen LogP contribution in [-0.4, -0.2) is 91.6 Å². The number of halogens is 4. The standard InChI is InChI=1S/C41H43ClF3N7O3/c1-2-27-31(44)11-8-24-18-26(53)19-30(33(24)27)28-9-10-29-36(35(28)45)46-40(55-23-41-12-6-16-51(41)21-25(43)20-41)47-38(29)50-15-7-17-52-32(22-50)34(42)37(48-52)39(54)49-13-4-3-5-14-49/h8-11,18-19,25,53H,2-7,12-17,20-23H2,1H3/t25-,41+/m1/s1. The first kappa shape index (κ1) is 36.0. The normalized spacial score (nSPS) is 21.7. The number of carbonyl (C=O) groups excluding carboxylic acids is 1. The lowest BCUT2D eigenvalue weighted by Crippen LogP contribution is -2.43. The molecule has 2 aromatic heterocycles. The zero-order valence-electron chi connectivity index (χ0n) is 30.8. The van der Waals surface area contributed by atoms with Crippen molar-refractivity contribution in [2.24, 2.45) is 0 Å². The molecular weight excluding hydrogens is 731 g/mol. The number of nitrogens with zero attached hydrogens (tertiary/aromatic N) is 7. The van der Waals surface area contributed by atoms with Crippen LogP contribution >= 0.6 is 11.6 Å². The number of piperidine rings is 1. The molecule has 10 nitrogen and oxygen atoms in total. The van der Waals surface area contributed by atoms with Gasteiger partial charge in [0.15, 0.2) is 11.5 Å². The highest BCUT2D eigenvalue weighted by Crippen LogP contribution is 2.43. The van der Waals surface area contributed by atoms with Crippen molar-refractivity contribution in [2.75, 3.05) is 44.2 Å². The molecule has 9 rings (SSSR count). The number of ether oxygens (including phenoxy) is 1. The maximum atomic E-state index is 17.3. The molecule has 1 N–H and O–H groups in total. The Bertz CT molecular complexity index is 2330. The second kappa shape index (κ2) is 14.1. The molecule has 0 bridgehead atoms. The molecule has 4 aliphatic heterocycles. The van der Waals surface area contributed by atoms with Crippen LogP contribution in [0.3, 0.4) is 0 Å². The summed E-state index contributed by atoms with van der Waals surface area (Å²) in [7, 11) is 0. The van der Waals surface area contributed by atoms with Crippen molar-refractivity contribution in [2.45, 2.75) is 83.1 Å². The van der Waals surface area contributed by atoms with E-state index in [1.807, 2.05) is 16.7 Å². The van der Waals surface area contributed by atoms with E-state index in [0.29, 0.717) is 95.8 Å². The van der Waals surface area contributed by atoms with Gasteiger partial charge in [-0.25, -0.2) is 13.2 Å². The van der Waals surface area contributed by atoms with Gasteiger partial charge in [-0.3, -0.25) is 14.4 Å². The Morgan fingerprint density at radius 2 is 1.84 bits per heavy atom. The van der Waals surface area contributed by atoms with Crippen molar-refractivity contribution in [1.82, 2.24) is 29.5 Å². The van der Waals surface area contributed by atoms with Crippen LogP contribution in [0.4, 0.5) is 19.0 Å². The third-order valence-corrected chi connectivity index (χ3v) is 12.5. The van der Waals surface area contributed by atoms with Gasteiger partial charge < -0.3 is 19.6 Å². The molecular formula is C41H43ClF3N7O3. The molecule has 0 saturated carbocycles. The summed E-state index contributed by atoms with van der Waals surface area (Å²) in [4.78, 5) is 29.0. The predicted molar refractivity (Wildman–Crippen MR) is 205 cm³/mol. The van der Waals surface area contributed by atoms with Gasteiger partial charge in [0.1, 0.15) is 35.7 Å². The van der Waals surface area contributed by atoms with Crippen molar-refractivity contribution in [3.05, 3.63) is 70.0 Å². The zero-order chi connectivity index (χ0) is 38.0. The number of hydrogen-bond donors (Lipinski definition) is 1. The van der Waals surface area contributed by atoms with E-state index in [0.717, 1.165) is 38.6 Å². The summed E-state index contributed by atoms with van der Waals surface area (Å²) < 4.78 is 55.2. The number of phenols is 1. The van der Waals surface area contributed by atoms with E-state index in [2.05, 4.69) is 15.0 Å². The lowest BCUT2D eigenvalue weighted by atomic mass is 9.92. The van der Waals surface area contributed by atoms with Crippen LogP contribution < -0.4 is 9.64 Å². The van der Waals surface area contributed by atoms with Crippen LogP contribution in [0.1, 0.15) is 73.6 Å². The molecule has 0 spiro atoms. The van der Waals surface area contributed by atoms with E-state index >= 15 is 8.78 Å². The fraction of sp³-hybridized carbons (Fsp3) is 0.463. The average molecular weight is 774 g/mol. The van der Waals surface area contributed by atoms with Gasteiger partial charge in [0.2, 0.25) is 0 Å². The maximum Gasteiger partial charge on any atom is 0.319 e. The van der Waals surface area contributed by atoms with Crippen molar-refractivity contribution in [1.29, 1.82) is 0 Å². The molecule has 1 amide bonds. The van der Waals surface area contributed by atoms with Gasteiger partial charge in [-0.2, -0.15) is 15.1 Å². The Hall–Kier alpha value is -4.62. The average Bonchev–Trinajstić information content (AvgIpc) is 3.76. The predicted octanol–water partition coefficient (Wildman–Crippen LogP) is 7.84. The molecule has 6 heterocycles. The van der Waals surface area contributed by atoms with E-state index in [9.17, 15) is 14.3 Å². The van der Waals surface area contributed by atoms with Crippen LogP contribution in [0.2, 0.25) is 5.02 Å². The number of hydrogen-bond acceptors (Lipinski definition) is 8. The molecule has 3 fully saturated rings. The molecule has 4 aliphatic rings. The van der Waals surface area contributed by atoms with Gasteiger partial charge in [-0.05, 0) is 97.7 Å². The summed E-state index contributed by atoms with van der Waals surface area (Å²) in [5, 5.41) is 17.2. The molecule has 288 valence electrons. The summed E-state index contributed by atoms with van der Waals surface area (Å²) >= 11 is 6.97. The zero-order valence-corrected chi connectivity index (χ0v) is 31.5. The van der Waals surface area contributed by atoms with Crippen LogP contribution in [-0.2, 0) is 19.5 Å².